The summed E-state index contributed by atoms with van der Waals surface area (Å²) in [7, 11) is 2.15. The van der Waals surface area contributed by atoms with Crippen LogP contribution >= 0.6 is 0 Å². The van der Waals surface area contributed by atoms with Gasteiger partial charge < -0.3 is 9.64 Å². The van der Waals surface area contributed by atoms with Gasteiger partial charge in [-0.25, -0.2) is 0 Å². The minimum absolute atomic E-state index is 0.207. The molecule has 0 aliphatic carbocycles. The van der Waals surface area contributed by atoms with E-state index in [1.165, 1.54) is 38.4 Å². The molecule has 1 spiro atoms. The molecule has 4 aromatic rings. The van der Waals surface area contributed by atoms with Crippen LogP contribution in [0.1, 0.15) is 25.0 Å². The van der Waals surface area contributed by atoms with E-state index < -0.39 is 5.72 Å². The molecular weight excluding hydrogens is 354 g/mol. The Hall–Kier alpha value is -3.26. The average Bonchev–Trinajstić information content (AvgIpc) is 2.90. The molecule has 0 fully saturated rings. The number of likely N-dealkylation sites (N-methyl/N-ethyl adjacent to an activating group) is 1. The largest absolute Gasteiger partial charge is 0.463 e. The molecule has 1 atom stereocenters. The molecule has 0 radical (unpaired) electrons. The molecule has 2 aliphatic heterocycles. The minimum atomic E-state index is -0.553. The summed E-state index contributed by atoms with van der Waals surface area (Å²) in [5.74, 6) is 0.948. The molecule has 0 amide bonds. The lowest BCUT2D eigenvalue weighted by molar-refractivity contribution is 0.0584. The van der Waals surface area contributed by atoms with Gasteiger partial charge in [0.25, 0.3) is 0 Å². The molecule has 0 aromatic heterocycles. The Labute approximate surface area is 171 Å². The van der Waals surface area contributed by atoms with Gasteiger partial charge in [0, 0.05) is 18.3 Å². The Balaban J connectivity index is 1.56. The van der Waals surface area contributed by atoms with Crippen LogP contribution in [0.2, 0.25) is 0 Å². The maximum atomic E-state index is 6.86. The molecule has 4 aromatic carbocycles. The molecule has 2 aliphatic rings. The predicted octanol–water partition coefficient (Wildman–Crippen LogP) is 6.52. The third-order valence-electron chi connectivity index (χ3n) is 6.96. The van der Waals surface area contributed by atoms with Crippen molar-refractivity contribution in [3.63, 3.8) is 0 Å². The monoisotopic (exact) mass is 377 g/mol. The first kappa shape index (κ1) is 16.7. The summed E-state index contributed by atoms with van der Waals surface area (Å²) in [5, 5.41) is 5.01. The average molecular weight is 377 g/mol. The zero-order valence-electron chi connectivity index (χ0n) is 16.9. The Kier molecular flexibility index (Phi) is 3.11. The molecule has 0 saturated carbocycles. The zero-order chi connectivity index (χ0) is 19.8. The summed E-state index contributed by atoms with van der Waals surface area (Å²) in [6.07, 6.45) is 4.51. The first-order valence-corrected chi connectivity index (χ1v) is 10.2. The Morgan fingerprint density at radius 1 is 0.793 bits per heavy atom. The van der Waals surface area contributed by atoms with Gasteiger partial charge in [0.05, 0.1) is 5.41 Å². The third-order valence-corrected chi connectivity index (χ3v) is 6.96. The standard InChI is InChI=1S/C27H23NO/c1-26(2)23-16-19-9-4-5-10-20(19)17-24(23)28(3)27(26)15-14-22-21-11-7-6-8-18(21)12-13-25(22)29-27/h4-17H,1-3H3. The van der Waals surface area contributed by atoms with Crippen molar-refractivity contribution in [3.05, 3.63) is 90.0 Å². The number of hydrogen-bond donors (Lipinski definition) is 0. The summed E-state index contributed by atoms with van der Waals surface area (Å²) < 4.78 is 6.86. The maximum Gasteiger partial charge on any atom is 0.211 e. The highest BCUT2D eigenvalue weighted by atomic mass is 16.5. The highest BCUT2D eigenvalue weighted by Crippen LogP contribution is 2.55. The number of rotatable bonds is 0. The van der Waals surface area contributed by atoms with Gasteiger partial charge >= 0.3 is 0 Å². The fourth-order valence-electron chi connectivity index (χ4n) is 5.25. The Morgan fingerprint density at radius 3 is 2.28 bits per heavy atom. The zero-order valence-corrected chi connectivity index (χ0v) is 16.9. The summed E-state index contributed by atoms with van der Waals surface area (Å²) in [5.41, 5.74) is 2.97. The second kappa shape index (κ2) is 5.42. The highest BCUT2D eigenvalue weighted by Gasteiger charge is 2.57. The fraction of sp³-hybridized carbons (Fsp3) is 0.185. The molecule has 0 saturated heterocycles. The van der Waals surface area contributed by atoms with Crippen molar-refractivity contribution in [2.45, 2.75) is 25.0 Å². The molecule has 29 heavy (non-hydrogen) atoms. The van der Waals surface area contributed by atoms with Crippen LogP contribution < -0.4 is 9.64 Å². The van der Waals surface area contributed by atoms with E-state index in [0.29, 0.717) is 0 Å². The van der Waals surface area contributed by atoms with E-state index in [9.17, 15) is 0 Å². The van der Waals surface area contributed by atoms with E-state index in [-0.39, 0.29) is 5.41 Å². The van der Waals surface area contributed by atoms with Crippen LogP contribution in [0.5, 0.6) is 5.75 Å². The topological polar surface area (TPSA) is 12.5 Å². The molecule has 2 nitrogen and oxygen atoms in total. The molecule has 0 N–H and O–H groups in total. The van der Waals surface area contributed by atoms with E-state index >= 15 is 0 Å². The number of hydrogen-bond acceptors (Lipinski definition) is 2. The second-order valence-electron chi connectivity index (χ2n) is 8.73. The van der Waals surface area contributed by atoms with Crippen LogP contribution in [0.15, 0.2) is 78.9 Å². The molecule has 142 valence electrons. The van der Waals surface area contributed by atoms with Crippen LogP contribution in [0.3, 0.4) is 0 Å². The fourth-order valence-corrected chi connectivity index (χ4v) is 5.25. The lowest BCUT2D eigenvalue weighted by Crippen LogP contribution is -2.58. The van der Waals surface area contributed by atoms with E-state index in [1.807, 2.05) is 0 Å². The number of anilines is 1. The number of benzene rings is 4. The smallest absolute Gasteiger partial charge is 0.211 e. The third kappa shape index (κ3) is 2.01. The van der Waals surface area contributed by atoms with Crippen LogP contribution in [0, 0.1) is 0 Å². The van der Waals surface area contributed by atoms with Crippen molar-refractivity contribution in [1.82, 2.24) is 0 Å². The van der Waals surface area contributed by atoms with Gasteiger partial charge in [-0.1, -0.05) is 54.6 Å². The van der Waals surface area contributed by atoms with Gasteiger partial charge in [0.2, 0.25) is 5.72 Å². The second-order valence-corrected chi connectivity index (χ2v) is 8.73. The number of fused-ring (bicyclic) bond motifs is 5. The van der Waals surface area contributed by atoms with Crippen LogP contribution in [0.4, 0.5) is 5.69 Å². The van der Waals surface area contributed by atoms with Crippen molar-refractivity contribution in [2.24, 2.45) is 0 Å². The highest BCUT2D eigenvalue weighted by molar-refractivity contribution is 5.95. The summed E-state index contributed by atoms with van der Waals surface area (Å²) in [6, 6.07) is 26.0. The Morgan fingerprint density at radius 2 is 1.48 bits per heavy atom. The van der Waals surface area contributed by atoms with Gasteiger partial charge in [-0.05, 0) is 71.3 Å². The maximum absolute atomic E-state index is 6.86. The van der Waals surface area contributed by atoms with Crippen molar-refractivity contribution >= 4 is 33.3 Å². The molecule has 2 heterocycles. The molecule has 6 rings (SSSR count). The summed E-state index contributed by atoms with van der Waals surface area (Å²) >= 11 is 0. The molecular formula is C27H23NO. The summed E-state index contributed by atoms with van der Waals surface area (Å²) in [4.78, 5) is 2.31. The van der Waals surface area contributed by atoms with E-state index in [1.54, 1.807) is 0 Å². The van der Waals surface area contributed by atoms with Crippen molar-refractivity contribution in [1.29, 1.82) is 0 Å². The van der Waals surface area contributed by atoms with E-state index in [0.717, 1.165) is 5.75 Å². The van der Waals surface area contributed by atoms with Crippen molar-refractivity contribution < 1.29 is 4.74 Å². The predicted molar refractivity (Wildman–Crippen MR) is 122 cm³/mol. The van der Waals surface area contributed by atoms with Gasteiger partial charge in [0.1, 0.15) is 5.75 Å². The van der Waals surface area contributed by atoms with Gasteiger partial charge in [-0.2, -0.15) is 0 Å². The SMILES string of the molecule is CN1c2cc3ccccc3cc2C(C)(C)C12C=Cc1c(ccc3ccccc13)O2. The van der Waals surface area contributed by atoms with Gasteiger partial charge in [0.15, 0.2) is 0 Å². The van der Waals surface area contributed by atoms with Crippen molar-refractivity contribution in [2.75, 3.05) is 11.9 Å². The van der Waals surface area contributed by atoms with Crippen LogP contribution in [-0.2, 0) is 5.41 Å². The number of ether oxygens (including phenoxy) is 1. The molecule has 1 unspecified atom stereocenters. The van der Waals surface area contributed by atoms with Gasteiger partial charge in [-0.3, -0.25) is 0 Å². The van der Waals surface area contributed by atoms with E-state index in [4.69, 9.17) is 4.74 Å². The van der Waals surface area contributed by atoms with Crippen LogP contribution in [-0.4, -0.2) is 12.8 Å². The lowest BCUT2D eigenvalue weighted by atomic mass is 9.76. The van der Waals surface area contributed by atoms with Crippen LogP contribution in [0.25, 0.3) is 27.6 Å². The number of nitrogens with zero attached hydrogens (tertiary/aromatic N) is 1. The lowest BCUT2D eigenvalue weighted by Gasteiger charge is -2.46. The first-order valence-electron chi connectivity index (χ1n) is 10.2. The molecule has 0 bridgehead atoms. The van der Waals surface area contributed by atoms with Crippen molar-refractivity contribution in [3.8, 4) is 5.75 Å². The summed E-state index contributed by atoms with van der Waals surface area (Å²) in [6.45, 7) is 4.58. The minimum Gasteiger partial charge on any atom is -0.463 e. The quantitative estimate of drug-likeness (QED) is 0.346. The molecule has 2 heteroatoms. The first-order chi connectivity index (χ1) is 14.0. The normalized spacial score (nSPS) is 21.4. The Bertz CT molecular complexity index is 1330. The van der Waals surface area contributed by atoms with E-state index in [2.05, 4.69) is 111 Å². The van der Waals surface area contributed by atoms with Gasteiger partial charge in [-0.15, -0.1) is 0 Å².